The molecule has 0 unspecified atom stereocenters. The van der Waals surface area contributed by atoms with E-state index in [0.717, 1.165) is 22.1 Å². The fourth-order valence-electron chi connectivity index (χ4n) is 2.43. The van der Waals surface area contributed by atoms with Gasteiger partial charge in [0.1, 0.15) is 12.4 Å². The third-order valence-electron chi connectivity index (χ3n) is 3.61. The Morgan fingerprint density at radius 1 is 0.913 bits per heavy atom. The first-order chi connectivity index (χ1) is 11.3. The Hall–Kier alpha value is -2.81. The average molecular weight is 306 g/mol. The van der Waals surface area contributed by atoms with Gasteiger partial charge in [0.2, 0.25) is 0 Å². The zero-order valence-corrected chi connectivity index (χ0v) is 13.0. The van der Waals surface area contributed by atoms with Crippen molar-refractivity contribution >= 4 is 16.7 Å². The quantitative estimate of drug-likeness (QED) is 0.646. The van der Waals surface area contributed by atoms with Crippen LogP contribution in [0.4, 0.5) is 0 Å². The smallest absolute Gasteiger partial charge is 0.338 e. The standard InChI is InChI=1S/C20H18O3/c1-2-22-20(21)17-12-10-15(11-13-17)14-23-19-9-5-7-16-6-3-4-8-18(16)19/h3-13H,2,14H2,1H3. The van der Waals surface area contributed by atoms with Crippen molar-refractivity contribution in [3.05, 3.63) is 77.9 Å². The zero-order valence-electron chi connectivity index (χ0n) is 13.0. The van der Waals surface area contributed by atoms with Gasteiger partial charge in [-0.15, -0.1) is 0 Å². The molecule has 0 spiro atoms. The Bertz CT molecular complexity index is 801. The van der Waals surface area contributed by atoms with Crippen LogP contribution in [0.25, 0.3) is 10.8 Å². The normalized spacial score (nSPS) is 10.5. The maximum absolute atomic E-state index is 11.6. The lowest BCUT2D eigenvalue weighted by atomic mass is 10.1. The molecule has 0 aliphatic heterocycles. The second kappa shape index (κ2) is 6.97. The van der Waals surface area contributed by atoms with Crippen LogP contribution < -0.4 is 4.74 Å². The van der Waals surface area contributed by atoms with E-state index in [-0.39, 0.29) is 5.97 Å². The minimum absolute atomic E-state index is 0.297. The van der Waals surface area contributed by atoms with Crippen molar-refractivity contribution in [2.45, 2.75) is 13.5 Å². The largest absolute Gasteiger partial charge is 0.488 e. The molecule has 116 valence electrons. The highest BCUT2D eigenvalue weighted by Crippen LogP contribution is 2.25. The third kappa shape index (κ3) is 3.51. The minimum Gasteiger partial charge on any atom is -0.488 e. The predicted octanol–water partition coefficient (Wildman–Crippen LogP) is 4.60. The Labute approximate surface area is 135 Å². The summed E-state index contributed by atoms with van der Waals surface area (Å²) in [6, 6.07) is 21.5. The maximum atomic E-state index is 11.6. The molecule has 0 aliphatic rings. The van der Waals surface area contributed by atoms with Gasteiger partial charge in [0, 0.05) is 5.39 Å². The highest BCUT2D eigenvalue weighted by atomic mass is 16.5. The SMILES string of the molecule is CCOC(=O)c1ccc(COc2cccc3ccccc23)cc1. The van der Waals surface area contributed by atoms with E-state index < -0.39 is 0 Å². The van der Waals surface area contributed by atoms with Crippen LogP contribution in [0.5, 0.6) is 5.75 Å². The average Bonchev–Trinajstić information content (AvgIpc) is 2.60. The lowest BCUT2D eigenvalue weighted by Crippen LogP contribution is -2.04. The summed E-state index contributed by atoms with van der Waals surface area (Å²) in [5, 5.41) is 2.25. The molecule has 3 nitrogen and oxygen atoms in total. The van der Waals surface area contributed by atoms with Crippen molar-refractivity contribution in [2.75, 3.05) is 6.61 Å². The lowest BCUT2D eigenvalue weighted by molar-refractivity contribution is 0.0526. The van der Waals surface area contributed by atoms with Crippen molar-refractivity contribution in [1.29, 1.82) is 0 Å². The molecule has 0 bridgehead atoms. The molecule has 0 aromatic heterocycles. The van der Waals surface area contributed by atoms with Gasteiger partial charge in [-0.2, -0.15) is 0 Å². The van der Waals surface area contributed by atoms with Crippen LogP contribution in [0.2, 0.25) is 0 Å². The minimum atomic E-state index is -0.297. The van der Waals surface area contributed by atoms with Crippen LogP contribution in [0.1, 0.15) is 22.8 Å². The number of ether oxygens (including phenoxy) is 2. The first-order valence-corrected chi connectivity index (χ1v) is 7.64. The second-order valence-corrected chi connectivity index (χ2v) is 5.18. The van der Waals surface area contributed by atoms with Gasteiger partial charge in [0.25, 0.3) is 0 Å². The maximum Gasteiger partial charge on any atom is 0.338 e. The van der Waals surface area contributed by atoms with Gasteiger partial charge in [-0.05, 0) is 36.1 Å². The molecular weight excluding hydrogens is 288 g/mol. The number of hydrogen-bond donors (Lipinski definition) is 0. The van der Waals surface area contributed by atoms with Gasteiger partial charge in [-0.25, -0.2) is 4.79 Å². The number of carbonyl (C=O) groups is 1. The van der Waals surface area contributed by atoms with Gasteiger partial charge >= 0.3 is 5.97 Å². The number of fused-ring (bicyclic) bond motifs is 1. The summed E-state index contributed by atoms with van der Waals surface area (Å²) >= 11 is 0. The summed E-state index contributed by atoms with van der Waals surface area (Å²) in [5.74, 6) is 0.562. The number of carbonyl (C=O) groups excluding carboxylic acids is 1. The van der Waals surface area contributed by atoms with E-state index in [9.17, 15) is 4.79 Å². The molecule has 0 fully saturated rings. The zero-order chi connectivity index (χ0) is 16.1. The molecule has 0 radical (unpaired) electrons. The van der Waals surface area contributed by atoms with E-state index in [1.807, 2.05) is 36.4 Å². The Morgan fingerprint density at radius 3 is 2.43 bits per heavy atom. The molecule has 0 saturated heterocycles. The van der Waals surface area contributed by atoms with E-state index in [1.165, 1.54) is 0 Å². The predicted molar refractivity (Wildman–Crippen MR) is 90.7 cm³/mol. The number of benzene rings is 3. The molecule has 3 aromatic carbocycles. The van der Waals surface area contributed by atoms with Crippen molar-refractivity contribution in [3.8, 4) is 5.75 Å². The van der Waals surface area contributed by atoms with Gasteiger partial charge in [-0.1, -0.05) is 48.5 Å². The van der Waals surface area contributed by atoms with Crippen LogP contribution in [0.3, 0.4) is 0 Å². The van der Waals surface area contributed by atoms with Gasteiger partial charge in [0.05, 0.1) is 12.2 Å². The summed E-state index contributed by atoms with van der Waals surface area (Å²) < 4.78 is 10.9. The molecule has 3 heteroatoms. The van der Waals surface area contributed by atoms with Gasteiger partial charge < -0.3 is 9.47 Å². The highest BCUT2D eigenvalue weighted by molar-refractivity contribution is 5.89. The molecule has 0 N–H and O–H groups in total. The topological polar surface area (TPSA) is 35.5 Å². The lowest BCUT2D eigenvalue weighted by Gasteiger charge is -2.10. The summed E-state index contributed by atoms with van der Waals surface area (Å²) in [5.41, 5.74) is 1.56. The van der Waals surface area contributed by atoms with Gasteiger partial charge in [-0.3, -0.25) is 0 Å². The van der Waals surface area contributed by atoms with Crippen molar-refractivity contribution in [1.82, 2.24) is 0 Å². The molecule has 3 rings (SSSR count). The summed E-state index contributed by atoms with van der Waals surface area (Å²) in [6.07, 6.45) is 0. The summed E-state index contributed by atoms with van der Waals surface area (Å²) in [4.78, 5) is 11.6. The van der Waals surface area contributed by atoms with Crippen LogP contribution in [0.15, 0.2) is 66.7 Å². The molecule has 3 aromatic rings. The first kappa shape index (κ1) is 15.1. The van der Waals surface area contributed by atoms with Crippen LogP contribution >= 0.6 is 0 Å². The Morgan fingerprint density at radius 2 is 1.65 bits per heavy atom. The van der Waals surface area contributed by atoms with Crippen LogP contribution in [-0.2, 0) is 11.3 Å². The third-order valence-corrected chi connectivity index (χ3v) is 3.61. The van der Waals surface area contributed by atoms with E-state index >= 15 is 0 Å². The number of esters is 1. The molecule has 0 atom stereocenters. The number of rotatable bonds is 5. The summed E-state index contributed by atoms with van der Waals surface area (Å²) in [7, 11) is 0. The second-order valence-electron chi connectivity index (χ2n) is 5.18. The van der Waals surface area contributed by atoms with E-state index in [4.69, 9.17) is 9.47 Å². The summed E-state index contributed by atoms with van der Waals surface area (Å²) in [6.45, 7) is 2.63. The molecule has 0 amide bonds. The first-order valence-electron chi connectivity index (χ1n) is 7.64. The van der Waals surface area contributed by atoms with E-state index in [0.29, 0.717) is 18.8 Å². The van der Waals surface area contributed by atoms with Crippen LogP contribution in [0, 0.1) is 0 Å². The van der Waals surface area contributed by atoms with Crippen molar-refractivity contribution in [2.24, 2.45) is 0 Å². The fourth-order valence-corrected chi connectivity index (χ4v) is 2.43. The number of hydrogen-bond acceptors (Lipinski definition) is 3. The molecule has 23 heavy (non-hydrogen) atoms. The highest BCUT2D eigenvalue weighted by Gasteiger charge is 2.06. The molecule has 0 saturated carbocycles. The van der Waals surface area contributed by atoms with E-state index in [2.05, 4.69) is 18.2 Å². The van der Waals surface area contributed by atoms with Gasteiger partial charge in [0.15, 0.2) is 0 Å². The van der Waals surface area contributed by atoms with Crippen molar-refractivity contribution in [3.63, 3.8) is 0 Å². The Balaban J connectivity index is 1.71. The Kier molecular flexibility index (Phi) is 4.57. The molecular formula is C20H18O3. The molecule has 0 heterocycles. The van der Waals surface area contributed by atoms with Crippen molar-refractivity contribution < 1.29 is 14.3 Å². The monoisotopic (exact) mass is 306 g/mol. The fraction of sp³-hybridized carbons (Fsp3) is 0.150. The molecule has 0 aliphatic carbocycles. The van der Waals surface area contributed by atoms with E-state index in [1.54, 1.807) is 19.1 Å². The van der Waals surface area contributed by atoms with Crippen LogP contribution in [-0.4, -0.2) is 12.6 Å².